The lowest BCUT2D eigenvalue weighted by Gasteiger charge is -1.98. The maximum absolute atomic E-state index is 11.9. The average molecular weight is 234 g/mol. The summed E-state index contributed by atoms with van der Waals surface area (Å²) in [4.78, 5) is 11.9. The minimum atomic E-state index is -0.131. The van der Waals surface area contributed by atoms with Crippen LogP contribution in [-0.4, -0.2) is 5.78 Å². The molecule has 0 amide bonds. The summed E-state index contributed by atoms with van der Waals surface area (Å²) in [6, 6.07) is 15.3. The van der Waals surface area contributed by atoms with Gasteiger partial charge in [0.05, 0.1) is 0 Å². The Morgan fingerprint density at radius 3 is 2.28 bits per heavy atom. The van der Waals surface area contributed by atoms with Gasteiger partial charge >= 0.3 is 0 Å². The molecule has 0 radical (unpaired) electrons. The molecule has 0 atom stereocenters. The highest BCUT2D eigenvalue weighted by molar-refractivity contribution is 6.10. The zero-order chi connectivity index (χ0) is 13.0. The molecule has 0 aliphatic heterocycles. The highest BCUT2D eigenvalue weighted by Gasteiger charge is 2.04. The SMILES string of the molecule is Cc1ccc(C#CC(=O)c2ccccc2C)cc1. The number of carbonyl (C=O) groups excluding carboxylic acids is 1. The van der Waals surface area contributed by atoms with Crippen molar-refractivity contribution in [1.29, 1.82) is 0 Å². The van der Waals surface area contributed by atoms with E-state index in [4.69, 9.17) is 0 Å². The lowest BCUT2D eigenvalue weighted by atomic mass is 10.0. The Balaban J connectivity index is 2.23. The third-order valence-corrected chi connectivity index (χ3v) is 2.76. The molecule has 18 heavy (non-hydrogen) atoms. The molecule has 0 N–H and O–H groups in total. The molecule has 1 nitrogen and oxygen atoms in total. The molecule has 0 saturated carbocycles. The van der Waals surface area contributed by atoms with Crippen LogP contribution in [0.3, 0.4) is 0 Å². The molecule has 0 spiro atoms. The Bertz CT molecular complexity index is 625. The van der Waals surface area contributed by atoms with E-state index in [1.54, 1.807) is 0 Å². The zero-order valence-electron chi connectivity index (χ0n) is 10.5. The number of ketones is 1. The monoisotopic (exact) mass is 234 g/mol. The number of Topliss-reactive ketones (excluding diaryl/α,β-unsaturated/α-hetero) is 1. The fourth-order valence-electron chi connectivity index (χ4n) is 1.66. The zero-order valence-corrected chi connectivity index (χ0v) is 10.5. The van der Waals surface area contributed by atoms with Crippen LogP contribution in [0.5, 0.6) is 0 Å². The van der Waals surface area contributed by atoms with E-state index in [9.17, 15) is 4.79 Å². The smallest absolute Gasteiger partial charge is 0.236 e. The predicted octanol–water partition coefficient (Wildman–Crippen LogP) is 3.54. The average Bonchev–Trinajstić information content (AvgIpc) is 2.38. The Labute approximate surface area is 107 Å². The molecule has 0 unspecified atom stereocenters. The quantitative estimate of drug-likeness (QED) is 0.545. The van der Waals surface area contributed by atoms with E-state index in [0.29, 0.717) is 5.56 Å². The maximum Gasteiger partial charge on any atom is 0.236 e. The summed E-state index contributed by atoms with van der Waals surface area (Å²) in [7, 11) is 0. The number of hydrogen-bond acceptors (Lipinski definition) is 1. The topological polar surface area (TPSA) is 17.1 Å². The molecule has 2 aromatic carbocycles. The molecular formula is C17H14O. The van der Waals surface area contributed by atoms with Crippen LogP contribution in [0.2, 0.25) is 0 Å². The van der Waals surface area contributed by atoms with Crippen molar-refractivity contribution in [3.63, 3.8) is 0 Å². The van der Waals surface area contributed by atoms with Gasteiger partial charge in [0.2, 0.25) is 5.78 Å². The van der Waals surface area contributed by atoms with Gasteiger partial charge in [-0.05, 0) is 37.5 Å². The Hall–Kier alpha value is -2.33. The lowest BCUT2D eigenvalue weighted by molar-refractivity contribution is 0.105. The van der Waals surface area contributed by atoms with Crippen LogP contribution in [0.25, 0.3) is 0 Å². The van der Waals surface area contributed by atoms with Gasteiger partial charge < -0.3 is 0 Å². The molecule has 2 aromatic rings. The van der Waals surface area contributed by atoms with E-state index >= 15 is 0 Å². The second-order valence-corrected chi connectivity index (χ2v) is 4.26. The normalized spacial score (nSPS) is 9.44. The van der Waals surface area contributed by atoms with Gasteiger partial charge in [0.25, 0.3) is 0 Å². The van der Waals surface area contributed by atoms with Gasteiger partial charge in [-0.15, -0.1) is 0 Å². The summed E-state index contributed by atoms with van der Waals surface area (Å²) in [5.74, 6) is 5.45. The third-order valence-electron chi connectivity index (χ3n) is 2.76. The molecular weight excluding hydrogens is 220 g/mol. The van der Waals surface area contributed by atoms with Crippen molar-refractivity contribution >= 4 is 5.78 Å². The van der Waals surface area contributed by atoms with E-state index in [0.717, 1.165) is 11.1 Å². The number of hydrogen-bond donors (Lipinski definition) is 0. The van der Waals surface area contributed by atoms with Crippen LogP contribution in [0.1, 0.15) is 27.0 Å². The van der Waals surface area contributed by atoms with Gasteiger partial charge in [-0.2, -0.15) is 0 Å². The van der Waals surface area contributed by atoms with Gasteiger partial charge in [0, 0.05) is 11.1 Å². The van der Waals surface area contributed by atoms with Crippen LogP contribution in [0, 0.1) is 25.7 Å². The van der Waals surface area contributed by atoms with Crippen LogP contribution >= 0.6 is 0 Å². The van der Waals surface area contributed by atoms with Crippen LogP contribution < -0.4 is 0 Å². The predicted molar refractivity (Wildman–Crippen MR) is 73.6 cm³/mol. The minimum Gasteiger partial charge on any atom is -0.279 e. The summed E-state index contributed by atoms with van der Waals surface area (Å²) in [6.07, 6.45) is 0. The largest absolute Gasteiger partial charge is 0.279 e. The van der Waals surface area contributed by atoms with E-state index in [1.165, 1.54) is 5.56 Å². The van der Waals surface area contributed by atoms with Gasteiger partial charge in [-0.25, -0.2) is 0 Å². The van der Waals surface area contributed by atoms with Gasteiger partial charge in [-0.1, -0.05) is 47.9 Å². The van der Waals surface area contributed by atoms with E-state index in [2.05, 4.69) is 11.8 Å². The highest BCUT2D eigenvalue weighted by atomic mass is 16.1. The van der Waals surface area contributed by atoms with Crippen molar-refractivity contribution in [1.82, 2.24) is 0 Å². The van der Waals surface area contributed by atoms with Gasteiger partial charge in [0.15, 0.2) is 0 Å². The van der Waals surface area contributed by atoms with E-state index in [-0.39, 0.29) is 5.78 Å². The number of aryl methyl sites for hydroxylation is 2. The maximum atomic E-state index is 11.9. The first-order valence-corrected chi connectivity index (χ1v) is 5.85. The van der Waals surface area contributed by atoms with Crippen LogP contribution in [-0.2, 0) is 0 Å². The Morgan fingerprint density at radius 1 is 0.944 bits per heavy atom. The second kappa shape index (κ2) is 5.33. The minimum absolute atomic E-state index is 0.131. The fourth-order valence-corrected chi connectivity index (χ4v) is 1.66. The number of rotatable bonds is 1. The van der Waals surface area contributed by atoms with Crippen LogP contribution in [0.15, 0.2) is 48.5 Å². The first kappa shape index (κ1) is 12.1. The molecule has 0 aromatic heterocycles. The van der Waals surface area contributed by atoms with Crippen molar-refractivity contribution in [2.75, 3.05) is 0 Å². The number of benzene rings is 2. The van der Waals surface area contributed by atoms with Crippen LogP contribution in [0.4, 0.5) is 0 Å². The fraction of sp³-hybridized carbons (Fsp3) is 0.118. The molecule has 0 fully saturated rings. The van der Waals surface area contributed by atoms with Gasteiger partial charge in [-0.3, -0.25) is 4.79 Å². The summed E-state index contributed by atoms with van der Waals surface area (Å²) < 4.78 is 0. The number of carbonyl (C=O) groups is 1. The molecule has 88 valence electrons. The molecule has 1 heteroatoms. The first-order chi connectivity index (χ1) is 8.66. The molecule has 0 bridgehead atoms. The molecule has 0 saturated heterocycles. The highest BCUT2D eigenvalue weighted by Crippen LogP contribution is 2.07. The third kappa shape index (κ3) is 2.87. The van der Waals surface area contributed by atoms with E-state index in [1.807, 2.05) is 62.4 Å². The Kier molecular flexibility index (Phi) is 3.60. The first-order valence-electron chi connectivity index (χ1n) is 5.85. The van der Waals surface area contributed by atoms with Crippen molar-refractivity contribution in [3.8, 4) is 11.8 Å². The van der Waals surface area contributed by atoms with Crippen molar-refractivity contribution < 1.29 is 4.79 Å². The van der Waals surface area contributed by atoms with Gasteiger partial charge in [0.1, 0.15) is 0 Å². The van der Waals surface area contributed by atoms with Crippen molar-refractivity contribution in [3.05, 3.63) is 70.8 Å². The summed E-state index contributed by atoms with van der Waals surface area (Å²) in [5.41, 5.74) is 3.69. The second-order valence-electron chi connectivity index (χ2n) is 4.26. The van der Waals surface area contributed by atoms with Crippen molar-refractivity contribution in [2.24, 2.45) is 0 Å². The molecule has 2 rings (SSSR count). The standard InChI is InChI=1S/C17H14O/c1-13-7-9-15(10-8-13)11-12-17(18)16-6-4-3-5-14(16)2/h3-10H,1-2H3. The molecule has 0 aliphatic carbocycles. The summed E-state index contributed by atoms with van der Waals surface area (Å²) in [5, 5.41) is 0. The summed E-state index contributed by atoms with van der Waals surface area (Å²) in [6.45, 7) is 3.94. The van der Waals surface area contributed by atoms with Crippen molar-refractivity contribution in [2.45, 2.75) is 13.8 Å². The summed E-state index contributed by atoms with van der Waals surface area (Å²) >= 11 is 0. The Morgan fingerprint density at radius 2 is 1.61 bits per heavy atom. The van der Waals surface area contributed by atoms with E-state index < -0.39 is 0 Å². The lowest BCUT2D eigenvalue weighted by Crippen LogP contribution is -1.97. The molecule has 0 heterocycles. The molecule has 0 aliphatic rings.